The fourth-order valence-corrected chi connectivity index (χ4v) is 2.24. The monoisotopic (exact) mass is 288 g/mol. The Bertz CT molecular complexity index is 518. The Morgan fingerprint density at radius 1 is 1.43 bits per heavy atom. The Labute approximate surface area is 126 Å². The van der Waals surface area contributed by atoms with Crippen LogP contribution in [-0.2, 0) is 6.42 Å². The number of aliphatic hydroxyl groups is 1. The molecular weight excluding hydrogens is 264 g/mol. The molecule has 0 unspecified atom stereocenters. The Kier molecular flexibility index (Phi) is 6.90. The van der Waals surface area contributed by atoms with Crippen molar-refractivity contribution in [1.29, 1.82) is 5.26 Å². The number of nitrogens with zero attached hydrogens (tertiary/aromatic N) is 1. The first-order valence-electron chi connectivity index (χ1n) is 7.46. The Morgan fingerprint density at radius 2 is 2.14 bits per heavy atom. The maximum absolute atomic E-state index is 12.2. The van der Waals surface area contributed by atoms with Crippen LogP contribution in [0.2, 0.25) is 0 Å². The summed E-state index contributed by atoms with van der Waals surface area (Å²) < 4.78 is 0. The third-order valence-corrected chi connectivity index (χ3v) is 3.43. The van der Waals surface area contributed by atoms with E-state index in [4.69, 9.17) is 5.11 Å². The van der Waals surface area contributed by atoms with Gasteiger partial charge in [-0.1, -0.05) is 26.8 Å². The van der Waals surface area contributed by atoms with E-state index >= 15 is 0 Å². The molecule has 1 aromatic carbocycles. The van der Waals surface area contributed by atoms with E-state index in [1.165, 1.54) is 0 Å². The molecule has 0 saturated carbocycles. The fourth-order valence-electron chi connectivity index (χ4n) is 2.24. The topological polar surface area (TPSA) is 73.1 Å². The maximum atomic E-state index is 12.2. The fraction of sp³-hybridized carbons (Fsp3) is 0.529. The smallest absolute Gasteiger partial charge is 0.251 e. The lowest BCUT2D eigenvalue weighted by molar-refractivity contribution is 0.0929. The second-order valence-corrected chi connectivity index (χ2v) is 5.67. The van der Waals surface area contributed by atoms with Crippen LogP contribution in [0.25, 0.3) is 0 Å². The van der Waals surface area contributed by atoms with Crippen molar-refractivity contribution in [2.75, 3.05) is 6.61 Å². The minimum atomic E-state index is -0.192. The third-order valence-electron chi connectivity index (χ3n) is 3.43. The van der Waals surface area contributed by atoms with Crippen LogP contribution in [0.15, 0.2) is 18.2 Å². The first kappa shape index (κ1) is 17.2. The lowest BCUT2D eigenvalue weighted by Gasteiger charge is -2.16. The van der Waals surface area contributed by atoms with Crippen LogP contribution < -0.4 is 5.32 Å². The van der Waals surface area contributed by atoms with Crippen LogP contribution in [0, 0.1) is 17.2 Å². The lowest BCUT2D eigenvalue weighted by Crippen LogP contribution is -2.35. The van der Waals surface area contributed by atoms with Gasteiger partial charge in [-0.15, -0.1) is 0 Å². The van der Waals surface area contributed by atoms with Crippen molar-refractivity contribution in [2.45, 2.75) is 46.1 Å². The molecule has 0 radical (unpaired) electrons. The van der Waals surface area contributed by atoms with Crippen molar-refractivity contribution in [3.05, 3.63) is 34.9 Å². The predicted molar refractivity (Wildman–Crippen MR) is 82.9 cm³/mol. The lowest BCUT2D eigenvalue weighted by atomic mass is 9.96. The van der Waals surface area contributed by atoms with E-state index < -0.39 is 0 Å². The molecular formula is C17H24N2O2. The summed E-state index contributed by atoms with van der Waals surface area (Å²) >= 11 is 0. The van der Waals surface area contributed by atoms with Crippen LogP contribution in [0.3, 0.4) is 0 Å². The van der Waals surface area contributed by atoms with Crippen molar-refractivity contribution in [3.8, 4) is 6.07 Å². The van der Waals surface area contributed by atoms with Gasteiger partial charge in [0.1, 0.15) is 0 Å². The zero-order valence-corrected chi connectivity index (χ0v) is 13.0. The molecule has 0 bridgehead atoms. The van der Waals surface area contributed by atoms with Gasteiger partial charge in [-0.2, -0.15) is 5.26 Å². The standard InChI is InChI=1S/C17H24N2O2/c1-4-16(7-8-20)19-17(21)14-6-5-13(9-12(2)3)15(10-14)11-18/h5-6,10,12,16,20H,4,7-9H2,1-3H3,(H,19,21)/t16-/m0/s1. The van der Waals surface area contributed by atoms with Gasteiger partial charge in [0.2, 0.25) is 0 Å². The molecule has 4 nitrogen and oxygen atoms in total. The third kappa shape index (κ3) is 5.20. The first-order valence-corrected chi connectivity index (χ1v) is 7.46. The first-order chi connectivity index (χ1) is 10.0. The number of hydrogen-bond donors (Lipinski definition) is 2. The molecule has 0 heterocycles. The number of benzene rings is 1. The van der Waals surface area contributed by atoms with E-state index in [9.17, 15) is 10.1 Å². The molecule has 2 N–H and O–H groups in total. The quantitative estimate of drug-likeness (QED) is 0.810. The normalized spacial score (nSPS) is 12.0. The van der Waals surface area contributed by atoms with Crippen molar-refractivity contribution in [3.63, 3.8) is 0 Å². The van der Waals surface area contributed by atoms with Gasteiger partial charge >= 0.3 is 0 Å². The van der Waals surface area contributed by atoms with Crippen molar-refractivity contribution in [2.24, 2.45) is 5.92 Å². The Morgan fingerprint density at radius 3 is 2.67 bits per heavy atom. The second-order valence-electron chi connectivity index (χ2n) is 5.67. The van der Waals surface area contributed by atoms with Crippen LogP contribution >= 0.6 is 0 Å². The number of rotatable bonds is 7. The minimum Gasteiger partial charge on any atom is -0.396 e. The molecule has 0 aliphatic carbocycles. The molecule has 0 aromatic heterocycles. The number of hydrogen-bond acceptors (Lipinski definition) is 3. The highest BCUT2D eigenvalue weighted by molar-refractivity contribution is 5.94. The molecule has 1 aromatic rings. The maximum Gasteiger partial charge on any atom is 0.251 e. The largest absolute Gasteiger partial charge is 0.396 e. The van der Waals surface area contributed by atoms with E-state index in [1.54, 1.807) is 12.1 Å². The van der Waals surface area contributed by atoms with Gasteiger partial charge in [0, 0.05) is 18.2 Å². The number of carbonyl (C=O) groups excluding carboxylic acids is 1. The molecule has 0 fully saturated rings. The summed E-state index contributed by atoms with van der Waals surface area (Å²) in [4.78, 5) is 12.2. The van der Waals surface area contributed by atoms with E-state index in [0.29, 0.717) is 23.5 Å². The molecule has 4 heteroatoms. The van der Waals surface area contributed by atoms with Crippen LogP contribution in [0.1, 0.15) is 55.1 Å². The predicted octanol–water partition coefficient (Wildman–Crippen LogP) is 2.65. The highest BCUT2D eigenvalue weighted by Gasteiger charge is 2.14. The molecule has 0 spiro atoms. The van der Waals surface area contributed by atoms with Gasteiger partial charge in [0.05, 0.1) is 11.6 Å². The molecule has 21 heavy (non-hydrogen) atoms. The van der Waals surface area contributed by atoms with Gasteiger partial charge in [0.15, 0.2) is 0 Å². The van der Waals surface area contributed by atoms with E-state index in [0.717, 1.165) is 18.4 Å². The average molecular weight is 288 g/mol. The highest BCUT2D eigenvalue weighted by atomic mass is 16.3. The molecule has 0 saturated heterocycles. The molecule has 1 rings (SSSR count). The minimum absolute atomic E-state index is 0.0385. The average Bonchev–Trinajstić information content (AvgIpc) is 2.46. The van der Waals surface area contributed by atoms with Crippen LogP contribution in [0.5, 0.6) is 0 Å². The van der Waals surface area contributed by atoms with Crippen molar-refractivity contribution < 1.29 is 9.90 Å². The number of amides is 1. The summed E-state index contributed by atoms with van der Waals surface area (Å²) in [6.07, 6.45) is 2.13. The van der Waals surface area contributed by atoms with Crippen molar-refractivity contribution in [1.82, 2.24) is 5.32 Å². The zero-order chi connectivity index (χ0) is 15.8. The highest BCUT2D eigenvalue weighted by Crippen LogP contribution is 2.16. The van der Waals surface area contributed by atoms with Gasteiger partial charge in [-0.25, -0.2) is 0 Å². The van der Waals surface area contributed by atoms with Gasteiger partial charge in [-0.3, -0.25) is 4.79 Å². The Hall–Kier alpha value is -1.86. The number of carbonyl (C=O) groups is 1. The Balaban J connectivity index is 2.89. The SMILES string of the molecule is CC[C@@H](CCO)NC(=O)c1ccc(CC(C)C)c(C#N)c1. The van der Waals surface area contributed by atoms with Gasteiger partial charge in [-0.05, 0) is 42.9 Å². The summed E-state index contributed by atoms with van der Waals surface area (Å²) in [6, 6.07) is 7.41. The summed E-state index contributed by atoms with van der Waals surface area (Å²) in [5.41, 5.74) is 2.04. The molecule has 0 aliphatic rings. The van der Waals surface area contributed by atoms with Gasteiger partial charge in [0.25, 0.3) is 5.91 Å². The van der Waals surface area contributed by atoms with Gasteiger partial charge < -0.3 is 10.4 Å². The summed E-state index contributed by atoms with van der Waals surface area (Å²) in [5, 5.41) is 21.1. The summed E-state index contributed by atoms with van der Waals surface area (Å²) in [6.45, 7) is 6.22. The molecule has 1 amide bonds. The molecule has 114 valence electrons. The number of aliphatic hydroxyl groups excluding tert-OH is 1. The summed E-state index contributed by atoms with van der Waals surface area (Å²) in [7, 11) is 0. The molecule has 0 aliphatic heterocycles. The van der Waals surface area contributed by atoms with E-state index in [1.807, 2.05) is 13.0 Å². The molecule has 1 atom stereocenters. The van der Waals surface area contributed by atoms with Crippen LogP contribution in [0.4, 0.5) is 0 Å². The number of nitriles is 1. The number of nitrogens with one attached hydrogen (secondary N) is 1. The second kappa shape index (κ2) is 8.43. The summed E-state index contributed by atoms with van der Waals surface area (Å²) in [5.74, 6) is 0.272. The van der Waals surface area contributed by atoms with E-state index in [2.05, 4.69) is 25.2 Å². The van der Waals surface area contributed by atoms with Crippen LogP contribution in [-0.4, -0.2) is 23.7 Å². The zero-order valence-electron chi connectivity index (χ0n) is 13.0. The van der Waals surface area contributed by atoms with Crippen molar-refractivity contribution >= 4 is 5.91 Å². The van der Waals surface area contributed by atoms with E-state index in [-0.39, 0.29) is 18.6 Å².